The summed E-state index contributed by atoms with van der Waals surface area (Å²) in [6.45, 7) is 13.2. The van der Waals surface area contributed by atoms with Gasteiger partial charge in [-0.2, -0.15) is 0 Å². The molecule has 472 valence electrons. The molecule has 0 aliphatic rings. The average Bonchev–Trinajstić information content (AvgIpc) is 3.97. The third kappa shape index (κ3) is 48.0. The second-order valence-electron chi connectivity index (χ2n) is 19.6. The molecule has 82 heavy (non-hydrogen) atoms. The van der Waals surface area contributed by atoms with E-state index in [2.05, 4.69) is 40.0 Å². The van der Waals surface area contributed by atoms with Crippen LogP contribution in [0.15, 0.2) is 30.5 Å². The predicted molar refractivity (Wildman–Crippen MR) is 307 cm³/mol. The van der Waals surface area contributed by atoms with E-state index in [4.69, 9.17) is 61.9 Å². The van der Waals surface area contributed by atoms with Gasteiger partial charge in [0.05, 0.1) is 158 Å². The van der Waals surface area contributed by atoms with Crippen molar-refractivity contribution in [3.05, 3.63) is 41.7 Å². The van der Waals surface area contributed by atoms with Gasteiger partial charge in [0, 0.05) is 25.8 Å². The van der Waals surface area contributed by atoms with Crippen LogP contribution in [0.3, 0.4) is 0 Å². The van der Waals surface area contributed by atoms with Crippen LogP contribution in [0.2, 0.25) is 0 Å². The Kier molecular flexibility index (Phi) is 50.1. The van der Waals surface area contributed by atoms with Crippen LogP contribution in [0, 0.1) is 0 Å². The summed E-state index contributed by atoms with van der Waals surface area (Å²) in [7, 11) is 0. The van der Waals surface area contributed by atoms with Crippen molar-refractivity contribution in [2.75, 3.05) is 152 Å². The van der Waals surface area contributed by atoms with E-state index in [9.17, 15) is 24.3 Å². The largest absolute Gasteiger partial charge is 0.487 e. The number of carboxylic acid groups (broad SMARTS) is 2. The predicted octanol–water partition coefficient (Wildman–Crippen LogP) is 6.78. The van der Waals surface area contributed by atoms with Gasteiger partial charge >= 0.3 is 11.9 Å². The Labute approximate surface area is 488 Å². The number of aliphatic carboxylic acids is 2. The highest BCUT2D eigenvalue weighted by atomic mass is 16.6. The number of hydrogen-bond donors (Lipinski definition) is 4. The Balaban J connectivity index is 1.20. The minimum Gasteiger partial charge on any atom is -0.487 e. The molecular formula is C59H103N5O18. The van der Waals surface area contributed by atoms with Crippen molar-refractivity contribution in [2.24, 2.45) is 0 Å². The van der Waals surface area contributed by atoms with Gasteiger partial charge in [-0.05, 0) is 43.4 Å². The number of carboxylic acids is 2. The van der Waals surface area contributed by atoms with E-state index < -0.39 is 18.0 Å². The number of benzene rings is 1. The zero-order chi connectivity index (χ0) is 58.9. The quantitative estimate of drug-likeness (QED) is 0.0497. The summed E-state index contributed by atoms with van der Waals surface area (Å²) < 4.78 is 68.4. The number of nitrogens with zero attached hydrogens (tertiary/aromatic N) is 3. The molecule has 1 heterocycles. The van der Waals surface area contributed by atoms with Crippen molar-refractivity contribution in [3.8, 4) is 5.75 Å². The molecule has 0 aliphatic heterocycles. The zero-order valence-corrected chi connectivity index (χ0v) is 49.6. The summed E-state index contributed by atoms with van der Waals surface area (Å²) in [5.41, 5.74) is 2.07. The number of amides is 2. The highest BCUT2D eigenvalue weighted by Crippen LogP contribution is 2.16. The lowest BCUT2D eigenvalue weighted by atomic mass is 10.0. The van der Waals surface area contributed by atoms with Crippen LogP contribution in [0.1, 0.15) is 140 Å². The molecule has 2 rings (SSSR count). The number of unbranched alkanes of at least 4 members (excludes halogenated alkanes) is 13. The Morgan fingerprint density at radius 3 is 1.28 bits per heavy atom. The molecule has 2 aromatic rings. The van der Waals surface area contributed by atoms with Crippen LogP contribution < -0.4 is 15.4 Å². The first kappa shape index (κ1) is 73.7. The van der Waals surface area contributed by atoms with Crippen molar-refractivity contribution in [2.45, 2.75) is 155 Å². The fraction of sp³-hybridized carbons (Fsp3) is 0.797. The Morgan fingerprint density at radius 2 is 0.878 bits per heavy atom. The van der Waals surface area contributed by atoms with Crippen LogP contribution in [0.25, 0.3) is 0 Å². The maximum atomic E-state index is 12.4. The molecule has 0 saturated heterocycles. The van der Waals surface area contributed by atoms with Crippen molar-refractivity contribution in [1.82, 2.24) is 25.6 Å². The standard InChI is InChI=1S/C59H103N5O18/c1-2-17-52-20-22-54(23-21-52)82-51-53-50-64(63-62-53)27-29-72-31-33-74-35-37-76-39-41-78-43-45-80-47-49-81-48-46-79-44-42-77-40-38-75-36-34-73-32-30-71-28-26-60-56(65)25-24-55(59(69)70)61-57(66)18-15-13-11-9-7-5-3-4-6-8-10-12-14-16-19-58(67)68/h20-23,50,55H,2-19,24-49,51H2,1H3,(H,60,65)(H,61,66)(H,67,68)(H,69,70). The molecule has 1 aromatic carbocycles. The number of hydrogen-bond acceptors (Lipinski definition) is 18. The first-order valence-corrected chi connectivity index (χ1v) is 30.2. The molecule has 23 nitrogen and oxygen atoms in total. The smallest absolute Gasteiger partial charge is 0.326 e. The van der Waals surface area contributed by atoms with Gasteiger partial charge in [-0.3, -0.25) is 14.4 Å². The summed E-state index contributed by atoms with van der Waals surface area (Å²) in [4.78, 5) is 46.9. The van der Waals surface area contributed by atoms with Gasteiger partial charge in [0.2, 0.25) is 11.8 Å². The van der Waals surface area contributed by atoms with Gasteiger partial charge in [-0.25, -0.2) is 9.48 Å². The normalized spacial score (nSPS) is 11.8. The zero-order valence-electron chi connectivity index (χ0n) is 49.6. The van der Waals surface area contributed by atoms with Gasteiger partial charge < -0.3 is 77.7 Å². The van der Waals surface area contributed by atoms with E-state index in [1.807, 2.05) is 18.3 Å². The SMILES string of the molecule is CCCc1ccc(OCc2cn(CCOCCOCCOCCOCCOCCOCCOCCOCCOCCOCCOCCNC(=O)CCC(NC(=O)CCCCCCCCCCCCCCCCC(=O)O)C(=O)O)nn2)cc1. The highest BCUT2D eigenvalue weighted by molar-refractivity contribution is 5.84. The van der Waals surface area contributed by atoms with Crippen LogP contribution in [0.4, 0.5) is 0 Å². The summed E-state index contributed by atoms with van der Waals surface area (Å²) in [6.07, 6.45) is 19.8. The van der Waals surface area contributed by atoms with E-state index >= 15 is 0 Å². The maximum Gasteiger partial charge on any atom is 0.326 e. The van der Waals surface area contributed by atoms with Crippen LogP contribution in [0.5, 0.6) is 5.75 Å². The number of ether oxygens (including phenoxy) is 12. The minimum atomic E-state index is -1.16. The van der Waals surface area contributed by atoms with E-state index in [0.717, 1.165) is 62.8 Å². The lowest BCUT2D eigenvalue weighted by molar-refractivity contribution is -0.142. The fourth-order valence-electron chi connectivity index (χ4n) is 8.00. The monoisotopic (exact) mass is 1170 g/mol. The number of aromatic nitrogens is 3. The Hall–Kier alpha value is -4.40. The molecular weight excluding hydrogens is 1070 g/mol. The van der Waals surface area contributed by atoms with E-state index in [1.54, 1.807) is 4.68 Å². The van der Waals surface area contributed by atoms with Crippen molar-refractivity contribution < 1.29 is 86.2 Å². The molecule has 0 saturated carbocycles. The molecule has 2 amide bonds. The first-order chi connectivity index (χ1) is 40.3. The molecule has 0 fully saturated rings. The number of carbonyl (C=O) groups is 4. The number of carbonyl (C=O) groups excluding carboxylic acids is 2. The molecule has 1 atom stereocenters. The molecule has 0 aliphatic carbocycles. The third-order valence-electron chi connectivity index (χ3n) is 12.5. The van der Waals surface area contributed by atoms with Crippen LogP contribution >= 0.6 is 0 Å². The minimum absolute atomic E-state index is 0.00490. The maximum absolute atomic E-state index is 12.4. The number of rotatable bonds is 63. The van der Waals surface area contributed by atoms with Gasteiger partial charge in [0.1, 0.15) is 24.1 Å². The van der Waals surface area contributed by atoms with E-state index in [-0.39, 0.29) is 50.6 Å². The lowest BCUT2D eigenvalue weighted by Gasteiger charge is -2.14. The van der Waals surface area contributed by atoms with Gasteiger partial charge in [0.25, 0.3) is 0 Å². The molecule has 0 spiro atoms. The molecule has 0 radical (unpaired) electrons. The topological polar surface area (TPSA) is 274 Å². The second kappa shape index (κ2) is 55.8. The average molecular weight is 1170 g/mol. The van der Waals surface area contributed by atoms with Gasteiger partial charge in [-0.1, -0.05) is 108 Å². The van der Waals surface area contributed by atoms with E-state index in [1.165, 1.54) is 50.5 Å². The third-order valence-corrected chi connectivity index (χ3v) is 12.5. The number of aryl methyl sites for hydroxylation is 1. The number of nitrogens with one attached hydrogen (secondary N) is 2. The van der Waals surface area contributed by atoms with Crippen molar-refractivity contribution in [3.63, 3.8) is 0 Å². The van der Waals surface area contributed by atoms with Gasteiger partial charge in [0.15, 0.2) is 0 Å². The molecule has 4 N–H and O–H groups in total. The Bertz CT molecular complexity index is 1800. The van der Waals surface area contributed by atoms with Crippen LogP contribution in [-0.2, 0) is 90.9 Å². The van der Waals surface area contributed by atoms with Gasteiger partial charge in [-0.15, -0.1) is 5.10 Å². The lowest BCUT2D eigenvalue weighted by Crippen LogP contribution is -2.41. The van der Waals surface area contributed by atoms with E-state index in [0.29, 0.717) is 158 Å². The van der Waals surface area contributed by atoms with Crippen molar-refractivity contribution in [1.29, 1.82) is 0 Å². The van der Waals surface area contributed by atoms with Crippen LogP contribution in [-0.4, -0.2) is 207 Å². The first-order valence-electron chi connectivity index (χ1n) is 30.2. The summed E-state index contributed by atoms with van der Waals surface area (Å²) in [5.74, 6) is -1.67. The van der Waals surface area contributed by atoms with Crippen molar-refractivity contribution >= 4 is 23.8 Å². The summed E-state index contributed by atoms with van der Waals surface area (Å²) >= 11 is 0. The molecule has 1 unspecified atom stereocenters. The summed E-state index contributed by atoms with van der Waals surface area (Å²) in [5, 5.41) is 31.8. The second-order valence-corrected chi connectivity index (χ2v) is 19.6. The summed E-state index contributed by atoms with van der Waals surface area (Å²) in [6, 6.07) is 7.05. The molecule has 0 bridgehead atoms. The molecule has 1 aromatic heterocycles. The fourth-order valence-corrected chi connectivity index (χ4v) is 8.00. The Morgan fingerprint density at radius 1 is 0.488 bits per heavy atom. The highest BCUT2D eigenvalue weighted by Gasteiger charge is 2.21. The molecule has 23 heteroatoms.